The Balaban J connectivity index is 1.79. The summed E-state index contributed by atoms with van der Waals surface area (Å²) < 4.78 is 16.2. The zero-order chi connectivity index (χ0) is 22.9. The molecule has 0 bridgehead atoms. The third-order valence-corrected chi connectivity index (χ3v) is 4.74. The summed E-state index contributed by atoms with van der Waals surface area (Å²) in [6.07, 6.45) is -1.36. The van der Waals surface area contributed by atoms with Gasteiger partial charge in [-0.05, 0) is 47.5 Å². The lowest BCUT2D eigenvalue weighted by Crippen LogP contribution is -2.19. The molecular formula is C24H25N3O5. The van der Waals surface area contributed by atoms with Crippen molar-refractivity contribution in [1.29, 1.82) is 5.41 Å². The van der Waals surface area contributed by atoms with E-state index in [1.165, 1.54) is 0 Å². The number of carboxylic acid groups (broad SMARTS) is 1. The maximum atomic E-state index is 11.0. The van der Waals surface area contributed by atoms with Crippen molar-refractivity contribution in [2.45, 2.75) is 12.6 Å². The van der Waals surface area contributed by atoms with Gasteiger partial charge in [-0.3, -0.25) is 5.41 Å². The normalized spacial score (nSPS) is 11.3. The highest BCUT2D eigenvalue weighted by Gasteiger charge is 2.17. The molecule has 5 N–H and O–H groups in total. The fourth-order valence-electron chi connectivity index (χ4n) is 3.08. The molecule has 1 atom stereocenters. The molecule has 0 heterocycles. The first-order valence-corrected chi connectivity index (χ1v) is 9.87. The fraction of sp³-hybridized carbons (Fsp3) is 0.167. The molecule has 166 valence electrons. The third-order valence-electron chi connectivity index (χ3n) is 4.74. The van der Waals surface area contributed by atoms with E-state index in [1.54, 1.807) is 43.5 Å². The summed E-state index contributed by atoms with van der Waals surface area (Å²) in [5, 5.41) is 19.7. The van der Waals surface area contributed by atoms with Gasteiger partial charge in [0, 0.05) is 11.3 Å². The number of hydrogen-bond donors (Lipinski definition) is 4. The van der Waals surface area contributed by atoms with Crippen molar-refractivity contribution < 1.29 is 24.1 Å². The lowest BCUT2D eigenvalue weighted by atomic mass is 10.1. The molecular weight excluding hydrogens is 410 g/mol. The van der Waals surface area contributed by atoms with Gasteiger partial charge in [-0.25, -0.2) is 4.79 Å². The molecule has 0 aliphatic heterocycles. The van der Waals surface area contributed by atoms with Gasteiger partial charge in [-0.2, -0.15) is 0 Å². The second-order valence-corrected chi connectivity index (χ2v) is 6.95. The van der Waals surface area contributed by atoms with Crippen molar-refractivity contribution in [3.63, 3.8) is 0 Å². The molecule has 0 fully saturated rings. The molecule has 1 unspecified atom stereocenters. The minimum absolute atomic E-state index is 0.0295. The monoisotopic (exact) mass is 435 g/mol. The SMILES string of the molecule is COc1cc(C(COC(=O)O)Nc2ccc(C(=N)N)cc2)ccc1OCc1ccccc1. The van der Waals surface area contributed by atoms with Crippen LogP contribution in [0.1, 0.15) is 22.7 Å². The number of nitrogens with one attached hydrogen (secondary N) is 2. The van der Waals surface area contributed by atoms with E-state index in [1.807, 2.05) is 36.4 Å². The largest absolute Gasteiger partial charge is 0.505 e. The lowest BCUT2D eigenvalue weighted by molar-refractivity contribution is 0.0879. The fourth-order valence-corrected chi connectivity index (χ4v) is 3.08. The number of rotatable bonds is 10. The molecule has 3 aromatic rings. The van der Waals surface area contributed by atoms with Gasteiger partial charge < -0.3 is 30.4 Å². The molecule has 3 rings (SSSR count). The Bertz CT molecular complexity index is 1050. The van der Waals surface area contributed by atoms with Crippen LogP contribution < -0.4 is 20.5 Å². The van der Waals surface area contributed by atoms with Gasteiger partial charge in [-0.1, -0.05) is 36.4 Å². The van der Waals surface area contributed by atoms with E-state index in [-0.39, 0.29) is 12.4 Å². The average Bonchev–Trinajstić information content (AvgIpc) is 2.81. The summed E-state index contributed by atoms with van der Waals surface area (Å²) in [5.41, 5.74) is 8.59. The van der Waals surface area contributed by atoms with Crippen LogP contribution >= 0.6 is 0 Å². The Morgan fingerprint density at radius 3 is 2.41 bits per heavy atom. The first-order valence-electron chi connectivity index (χ1n) is 9.87. The number of ether oxygens (including phenoxy) is 3. The van der Waals surface area contributed by atoms with Crippen molar-refractivity contribution in [3.8, 4) is 11.5 Å². The van der Waals surface area contributed by atoms with E-state index >= 15 is 0 Å². The van der Waals surface area contributed by atoms with Crippen LogP contribution in [0.2, 0.25) is 0 Å². The number of carbonyl (C=O) groups is 1. The minimum Gasteiger partial charge on any atom is -0.493 e. The van der Waals surface area contributed by atoms with E-state index in [0.717, 1.165) is 16.8 Å². The molecule has 8 heteroatoms. The number of amidine groups is 1. The molecule has 0 saturated heterocycles. The Kier molecular flexibility index (Phi) is 7.53. The molecule has 0 spiro atoms. The summed E-state index contributed by atoms with van der Waals surface area (Å²) >= 11 is 0. The minimum atomic E-state index is -1.36. The Hall–Kier alpha value is -4.20. The quantitative estimate of drug-likeness (QED) is 0.211. The predicted octanol–water partition coefficient (Wildman–Crippen LogP) is 4.41. The first-order chi connectivity index (χ1) is 15.5. The van der Waals surface area contributed by atoms with Crippen LogP contribution in [0.3, 0.4) is 0 Å². The second-order valence-electron chi connectivity index (χ2n) is 6.95. The number of hydrogen-bond acceptors (Lipinski definition) is 6. The zero-order valence-corrected chi connectivity index (χ0v) is 17.6. The van der Waals surface area contributed by atoms with E-state index in [0.29, 0.717) is 23.7 Å². The van der Waals surface area contributed by atoms with Crippen molar-refractivity contribution in [3.05, 3.63) is 89.5 Å². The van der Waals surface area contributed by atoms with Crippen molar-refractivity contribution in [2.24, 2.45) is 5.73 Å². The molecule has 0 aromatic heterocycles. The van der Waals surface area contributed by atoms with Gasteiger partial charge in [-0.15, -0.1) is 0 Å². The number of anilines is 1. The van der Waals surface area contributed by atoms with Crippen LogP contribution in [0.15, 0.2) is 72.8 Å². The van der Waals surface area contributed by atoms with Crippen LogP contribution in [0.25, 0.3) is 0 Å². The summed E-state index contributed by atoms with van der Waals surface area (Å²) in [5.74, 6) is 1.06. The first kappa shape index (κ1) is 22.5. The average molecular weight is 435 g/mol. The van der Waals surface area contributed by atoms with E-state index in [9.17, 15) is 4.79 Å². The number of nitrogens with two attached hydrogens (primary N) is 1. The number of benzene rings is 3. The summed E-state index contributed by atoms with van der Waals surface area (Å²) in [4.78, 5) is 11.0. The van der Waals surface area contributed by atoms with E-state index in [4.69, 9.17) is 30.5 Å². The molecule has 0 amide bonds. The highest BCUT2D eigenvalue weighted by atomic mass is 16.7. The summed E-state index contributed by atoms with van der Waals surface area (Å²) in [7, 11) is 1.55. The Labute approximate surface area is 186 Å². The molecule has 3 aromatic carbocycles. The Morgan fingerprint density at radius 2 is 1.78 bits per heavy atom. The van der Waals surface area contributed by atoms with Gasteiger partial charge in [0.15, 0.2) is 11.5 Å². The summed E-state index contributed by atoms with van der Waals surface area (Å²) in [6.45, 7) is 0.278. The third kappa shape index (κ3) is 6.15. The highest BCUT2D eigenvalue weighted by Crippen LogP contribution is 2.32. The zero-order valence-electron chi connectivity index (χ0n) is 17.6. The van der Waals surface area contributed by atoms with E-state index < -0.39 is 12.2 Å². The maximum absolute atomic E-state index is 11.0. The van der Waals surface area contributed by atoms with Crippen LogP contribution in [0.5, 0.6) is 11.5 Å². The number of nitrogen functional groups attached to an aromatic ring is 1. The van der Waals surface area contributed by atoms with Crippen molar-refractivity contribution in [1.82, 2.24) is 0 Å². The standard InChI is InChI=1S/C24H25N3O5/c1-30-22-13-18(9-12-21(22)31-14-16-5-3-2-4-6-16)20(15-32-24(28)29)27-19-10-7-17(8-11-19)23(25)26/h2-13,20,27H,14-15H2,1H3,(H3,25,26)(H,28,29). The summed E-state index contributed by atoms with van der Waals surface area (Å²) in [6, 6.07) is 21.6. The molecule has 0 aliphatic carbocycles. The van der Waals surface area contributed by atoms with Crippen molar-refractivity contribution >= 4 is 17.7 Å². The van der Waals surface area contributed by atoms with Gasteiger partial charge in [0.25, 0.3) is 0 Å². The lowest BCUT2D eigenvalue weighted by Gasteiger charge is -2.21. The van der Waals surface area contributed by atoms with Gasteiger partial charge in [0.1, 0.15) is 19.0 Å². The van der Waals surface area contributed by atoms with E-state index in [2.05, 4.69) is 5.32 Å². The topological polar surface area (TPSA) is 127 Å². The van der Waals surface area contributed by atoms with Crippen LogP contribution in [-0.4, -0.2) is 30.8 Å². The highest BCUT2D eigenvalue weighted by molar-refractivity contribution is 5.95. The molecule has 0 radical (unpaired) electrons. The molecule has 8 nitrogen and oxygen atoms in total. The van der Waals surface area contributed by atoms with Gasteiger partial charge in [0.2, 0.25) is 0 Å². The second kappa shape index (κ2) is 10.7. The molecule has 32 heavy (non-hydrogen) atoms. The van der Waals surface area contributed by atoms with Crippen LogP contribution in [0.4, 0.5) is 10.5 Å². The smallest absolute Gasteiger partial charge is 0.493 e. The van der Waals surface area contributed by atoms with Gasteiger partial charge >= 0.3 is 6.16 Å². The number of methoxy groups -OCH3 is 1. The van der Waals surface area contributed by atoms with Crippen LogP contribution in [-0.2, 0) is 11.3 Å². The maximum Gasteiger partial charge on any atom is 0.505 e. The van der Waals surface area contributed by atoms with Crippen molar-refractivity contribution in [2.75, 3.05) is 19.0 Å². The predicted molar refractivity (Wildman–Crippen MR) is 122 cm³/mol. The van der Waals surface area contributed by atoms with Gasteiger partial charge in [0.05, 0.1) is 13.2 Å². The molecule has 0 aliphatic rings. The molecule has 0 saturated carbocycles. The van der Waals surface area contributed by atoms with Crippen LogP contribution in [0, 0.1) is 5.41 Å². The Morgan fingerprint density at radius 1 is 1.06 bits per heavy atom.